The number of ether oxygens (including phenoxy) is 1. The lowest BCUT2D eigenvalue weighted by molar-refractivity contribution is -0.142. The minimum atomic E-state index is -2.51. The number of esters is 1. The van der Waals surface area contributed by atoms with Crippen molar-refractivity contribution in [2.24, 2.45) is 0 Å². The molecule has 0 radical (unpaired) electrons. The first-order valence-electron chi connectivity index (χ1n) is 11.7. The highest BCUT2D eigenvalue weighted by molar-refractivity contribution is 7.70. The number of hydrogen-bond acceptors (Lipinski definition) is 9. The Kier molecular flexibility index (Phi) is 7.97. The number of likely N-dealkylation sites (tertiary alicyclic amines) is 1. The number of methoxy groups -OCH3 is 1. The topological polar surface area (TPSA) is 114 Å². The first-order chi connectivity index (χ1) is 17.2. The van der Waals surface area contributed by atoms with Crippen LogP contribution in [0.4, 0.5) is 23.1 Å². The molecular formula is C24H31ClN7O3P. The van der Waals surface area contributed by atoms with Crippen molar-refractivity contribution in [2.75, 3.05) is 50.7 Å². The number of para-hydroxylation sites is 1. The molecule has 0 aliphatic carbocycles. The van der Waals surface area contributed by atoms with Gasteiger partial charge in [0.25, 0.3) is 0 Å². The van der Waals surface area contributed by atoms with Gasteiger partial charge in [0, 0.05) is 18.4 Å². The number of carbonyl (C=O) groups excluding carboxylic acids is 1. The molecule has 36 heavy (non-hydrogen) atoms. The van der Waals surface area contributed by atoms with E-state index in [0.29, 0.717) is 29.0 Å². The van der Waals surface area contributed by atoms with E-state index in [4.69, 9.17) is 16.3 Å². The van der Waals surface area contributed by atoms with Gasteiger partial charge in [-0.2, -0.15) is 10.1 Å². The zero-order chi connectivity index (χ0) is 25.9. The van der Waals surface area contributed by atoms with Crippen molar-refractivity contribution in [3.05, 3.63) is 47.4 Å². The monoisotopic (exact) mass is 531 g/mol. The first-order valence-corrected chi connectivity index (χ1v) is 14.7. The second-order valence-electron chi connectivity index (χ2n) is 9.18. The summed E-state index contributed by atoms with van der Waals surface area (Å²) in [7, 11) is -1.10. The van der Waals surface area contributed by atoms with Crippen molar-refractivity contribution in [1.82, 2.24) is 24.6 Å². The van der Waals surface area contributed by atoms with Gasteiger partial charge in [-0.05, 0) is 45.2 Å². The maximum Gasteiger partial charge on any atom is 0.319 e. The van der Waals surface area contributed by atoms with Crippen LogP contribution in [0.1, 0.15) is 24.6 Å². The summed E-state index contributed by atoms with van der Waals surface area (Å²) in [6, 6.07) is 7.67. The van der Waals surface area contributed by atoms with Gasteiger partial charge in [0.1, 0.15) is 12.2 Å². The van der Waals surface area contributed by atoms with Crippen molar-refractivity contribution >= 4 is 53.2 Å². The van der Waals surface area contributed by atoms with Crippen LogP contribution in [0.15, 0.2) is 36.7 Å². The van der Waals surface area contributed by atoms with Gasteiger partial charge >= 0.3 is 5.97 Å². The minimum absolute atomic E-state index is 0.214. The van der Waals surface area contributed by atoms with E-state index in [1.54, 1.807) is 19.5 Å². The third kappa shape index (κ3) is 6.06. The number of nitrogens with zero attached hydrogens (tertiary/aromatic N) is 5. The Labute approximate surface area is 215 Å². The maximum atomic E-state index is 12.7. The molecule has 0 unspecified atom stereocenters. The fourth-order valence-corrected chi connectivity index (χ4v) is 5.59. The highest BCUT2D eigenvalue weighted by Gasteiger charge is 2.24. The van der Waals surface area contributed by atoms with E-state index in [2.05, 4.69) is 30.6 Å². The standard InChI is InChI=1S/C24H31ClN7O3P/c1-16-20(14-27-32(16)17-9-11-31(12-10-17)15-22(33)35-2)29-24-26-13-18(25)23(30-24)28-19-7-5-6-8-21(19)36(3,4)34/h5-8,13-14,17H,9-12,15H2,1-4H3,(H2,26,28,29,30). The van der Waals surface area contributed by atoms with Crippen molar-refractivity contribution in [3.8, 4) is 0 Å². The normalized spacial score (nSPS) is 15.0. The number of piperidine rings is 1. The lowest BCUT2D eigenvalue weighted by Gasteiger charge is -2.31. The summed E-state index contributed by atoms with van der Waals surface area (Å²) in [5, 5.41) is 12.1. The predicted octanol–water partition coefficient (Wildman–Crippen LogP) is 4.18. The number of anilines is 4. The number of benzene rings is 1. The molecule has 0 amide bonds. The van der Waals surface area contributed by atoms with Gasteiger partial charge in [0.15, 0.2) is 5.82 Å². The van der Waals surface area contributed by atoms with Crippen LogP contribution in [0.5, 0.6) is 0 Å². The third-order valence-electron chi connectivity index (χ3n) is 6.26. The molecule has 2 N–H and O–H groups in total. The van der Waals surface area contributed by atoms with E-state index >= 15 is 0 Å². The number of nitrogens with one attached hydrogen (secondary N) is 2. The molecule has 0 saturated carbocycles. The van der Waals surface area contributed by atoms with Gasteiger partial charge in [-0.3, -0.25) is 14.4 Å². The van der Waals surface area contributed by atoms with E-state index < -0.39 is 7.14 Å². The van der Waals surface area contributed by atoms with Crippen LogP contribution in [-0.2, 0) is 14.1 Å². The number of halogens is 1. The predicted molar refractivity (Wildman–Crippen MR) is 143 cm³/mol. The highest BCUT2D eigenvalue weighted by atomic mass is 35.5. The summed E-state index contributed by atoms with van der Waals surface area (Å²) in [4.78, 5) is 22.5. The van der Waals surface area contributed by atoms with Crippen LogP contribution in [0.3, 0.4) is 0 Å². The molecule has 2 aromatic heterocycles. The molecule has 192 valence electrons. The molecule has 4 rings (SSSR count). The van der Waals surface area contributed by atoms with Gasteiger partial charge in [-0.25, -0.2) is 4.98 Å². The zero-order valence-corrected chi connectivity index (χ0v) is 22.5. The molecular weight excluding hydrogens is 501 g/mol. The SMILES string of the molecule is COC(=O)CN1CCC(n2ncc(Nc3ncc(Cl)c(Nc4ccccc4P(C)(C)=O)n3)c2C)CC1. The Morgan fingerprint density at radius 1 is 1.17 bits per heavy atom. The van der Waals surface area contributed by atoms with Crippen LogP contribution >= 0.6 is 18.7 Å². The van der Waals surface area contributed by atoms with E-state index in [9.17, 15) is 9.36 Å². The zero-order valence-electron chi connectivity index (χ0n) is 20.9. The summed E-state index contributed by atoms with van der Waals surface area (Å²) in [6.07, 6.45) is 5.07. The molecule has 10 nitrogen and oxygen atoms in total. The van der Waals surface area contributed by atoms with Gasteiger partial charge in [-0.15, -0.1) is 0 Å². The van der Waals surface area contributed by atoms with Gasteiger partial charge in [0.05, 0.1) is 49.2 Å². The van der Waals surface area contributed by atoms with Crippen molar-refractivity contribution < 1.29 is 14.1 Å². The van der Waals surface area contributed by atoms with Crippen molar-refractivity contribution in [2.45, 2.75) is 25.8 Å². The quantitative estimate of drug-likeness (QED) is 0.326. The fraction of sp³-hybridized carbons (Fsp3) is 0.417. The molecule has 12 heteroatoms. The molecule has 1 aliphatic heterocycles. The maximum absolute atomic E-state index is 12.7. The fourth-order valence-electron chi connectivity index (χ4n) is 4.30. The largest absolute Gasteiger partial charge is 0.468 e. The number of aromatic nitrogens is 4. The molecule has 3 aromatic rings. The average Bonchev–Trinajstić information content (AvgIpc) is 3.21. The molecule has 0 spiro atoms. The summed E-state index contributed by atoms with van der Waals surface area (Å²) in [5.74, 6) is 0.568. The third-order valence-corrected chi connectivity index (χ3v) is 8.08. The van der Waals surface area contributed by atoms with E-state index in [-0.39, 0.29) is 12.0 Å². The van der Waals surface area contributed by atoms with Gasteiger partial charge in [0.2, 0.25) is 5.95 Å². The second-order valence-corrected chi connectivity index (χ2v) is 12.8. The van der Waals surface area contributed by atoms with Crippen LogP contribution in [-0.4, -0.2) is 70.7 Å². The van der Waals surface area contributed by atoms with Gasteiger partial charge in [-0.1, -0.05) is 23.7 Å². The smallest absolute Gasteiger partial charge is 0.319 e. The summed E-state index contributed by atoms with van der Waals surface area (Å²) < 4.78 is 19.5. The molecule has 0 atom stereocenters. The minimum Gasteiger partial charge on any atom is -0.468 e. The number of rotatable bonds is 8. The van der Waals surface area contributed by atoms with E-state index in [1.165, 1.54) is 13.3 Å². The Balaban J connectivity index is 1.47. The first kappa shape index (κ1) is 26.1. The highest BCUT2D eigenvalue weighted by Crippen LogP contribution is 2.38. The molecule has 0 bridgehead atoms. The molecule has 1 saturated heterocycles. The number of hydrogen-bond donors (Lipinski definition) is 2. The summed E-state index contributed by atoms with van der Waals surface area (Å²) >= 11 is 6.37. The molecule has 1 aromatic carbocycles. The summed E-state index contributed by atoms with van der Waals surface area (Å²) in [5.41, 5.74) is 2.46. The van der Waals surface area contributed by atoms with Crippen LogP contribution < -0.4 is 15.9 Å². The second kappa shape index (κ2) is 11.0. The Morgan fingerprint density at radius 3 is 2.58 bits per heavy atom. The van der Waals surface area contributed by atoms with Crippen LogP contribution in [0.25, 0.3) is 0 Å². The van der Waals surface area contributed by atoms with Crippen molar-refractivity contribution in [3.63, 3.8) is 0 Å². The molecule has 1 aliphatic rings. The Bertz CT molecular complexity index is 1280. The summed E-state index contributed by atoms with van der Waals surface area (Å²) in [6.45, 7) is 7.39. The van der Waals surface area contributed by atoms with E-state index in [0.717, 1.165) is 42.6 Å². The van der Waals surface area contributed by atoms with Gasteiger partial charge < -0.3 is 19.9 Å². The number of carbonyl (C=O) groups is 1. The van der Waals surface area contributed by atoms with Crippen molar-refractivity contribution in [1.29, 1.82) is 0 Å². The Morgan fingerprint density at radius 2 is 1.89 bits per heavy atom. The van der Waals surface area contributed by atoms with E-state index in [1.807, 2.05) is 35.9 Å². The molecule has 3 heterocycles. The average molecular weight is 532 g/mol. The van der Waals surface area contributed by atoms with Crippen LogP contribution in [0, 0.1) is 6.92 Å². The lowest BCUT2D eigenvalue weighted by Crippen LogP contribution is -2.38. The Hall–Kier alpha value is -2.94. The van der Waals surface area contributed by atoms with Crippen LogP contribution in [0.2, 0.25) is 5.02 Å². The lowest BCUT2D eigenvalue weighted by atomic mass is 10.1. The molecule has 1 fully saturated rings.